The lowest BCUT2D eigenvalue weighted by atomic mass is 10.0. The molecule has 0 aliphatic heterocycles. The minimum Gasteiger partial charge on any atom is -0.490 e. The largest absolute Gasteiger partial charge is 0.490 e. The van der Waals surface area contributed by atoms with E-state index in [-0.39, 0.29) is 6.10 Å². The first-order valence-electron chi connectivity index (χ1n) is 8.38. The van der Waals surface area contributed by atoms with Gasteiger partial charge < -0.3 is 14.8 Å². The van der Waals surface area contributed by atoms with Gasteiger partial charge >= 0.3 is 0 Å². The van der Waals surface area contributed by atoms with E-state index in [9.17, 15) is 0 Å². The van der Waals surface area contributed by atoms with Crippen LogP contribution in [0.3, 0.4) is 0 Å². The van der Waals surface area contributed by atoms with E-state index in [1.807, 2.05) is 31.2 Å². The molecular weight excluding hydrogens is 262 g/mol. The van der Waals surface area contributed by atoms with E-state index in [0.29, 0.717) is 12.6 Å². The highest BCUT2D eigenvalue weighted by Crippen LogP contribution is 2.28. The van der Waals surface area contributed by atoms with Gasteiger partial charge in [-0.05, 0) is 44.9 Å². The number of para-hydroxylation sites is 2. The van der Waals surface area contributed by atoms with Gasteiger partial charge in [0.15, 0.2) is 11.5 Å². The van der Waals surface area contributed by atoms with Crippen LogP contribution in [0.25, 0.3) is 0 Å². The molecule has 0 amide bonds. The predicted molar refractivity (Wildman–Crippen MR) is 89.3 cm³/mol. The fourth-order valence-corrected chi connectivity index (χ4v) is 2.50. The molecule has 2 atom stereocenters. The van der Waals surface area contributed by atoms with E-state index in [1.165, 1.54) is 0 Å². The van der Waals surface area contributed by atoms with Crippen molar-refractivity contribution in [2.45, 2.75) is 65.5 Å². The molecule has 0 bridgehead atoms. The van der Waals surface area contributed by atoms with E-state index in [2.05, 4.69) is 26.1 Å². The Morgan fingerprint density at radius 1 is 1.00 bits per heavy atom. The van der Waals surface area contributed by atoms with Gasteiger partial charge in [0.1, 0.15) is 6.10 Å². The van der Waals surface area contributed by atoms with Crippen molar-refractivity contribution >= 4 is 0 Å². The van der Waals surface area contributed by atoms with Crippen LogP contribution >= 0.6 is 0 Å². The lowest BCUT2D eigenvalue weighted by molar-refractivity contribution is 0.136. The summed E-state index contributed by atoms with van der Waals surface area (Å²) in [7, 11) is 0. The molecule has 3 heteroatoms. The number of hydrogen-bond donors (Lipinski definition) is 1. The van der Waals surface area contributed by atoms with Crippen LogP contribution in [-0.2, 0) is 0 Å². The molecule has 0 radical (unpaired) electrons. The Balaban J connectivity index is 2.78. The van der Waals surface area contributed by atoms with Crippen LogP contribution in [0.1, 0.15) is 53.4 Å². The van der Waals surface area contributed by atoms with Gasteiger partial charge in [-0.1, -0.05) is 39.3 Å². The van der Waals surface area contributed by atoms with E-state index < -0.39 is 0 Å². The molecule has 1 aromatic carbocycles. The maximum Gasteiger partial charge on any atom is 0.161 e. The maximum atomic E-state index is 6.27. The maximum absolute atomic E-state index is 6.27. The molecule has 1 aromatic rings. The first-order valence-corrected chi connectivity index (χ1v) is 8.38. The predicted octanol–water partition coefficient (Wildman–Crippen LogP) is 4.41. The van der Waals surface area contributed by atoms with Gasteiger partial charge in [0, 0.05) is 6.04 Å². The number of ether oxygens (including phenoxy) is 2. The minimum absolute atomic E-state index is 0.179. The summed E-state index contributed by atoms with van der Waals surface area (Å²) in [4.78, 5) is 0. The van der Waals surface area contributed by atoms with Crippen molar-refractivity contribution in [2.75, 3.05) is 13.2 Å². The number of rotatable bonds is 11. The monoisotopic (exact) mass is 293 g/mol. The zero-order valence-electron chi connectivity index (χ0n) is 14.0. The van der Waals surface area contributed by atoms with Crippen LogP contribution in [0.15, 0.2) is 24.3 Å². The first-order chi connectivity index (χ1) is 10.3. The molecule has 21 heavy (non-hydrogen) atoms. The summed E-state index contributed by atoms with van der Waals surface area (Å²) in [5.41, 5.74) is 0. The fraction of sp³-hybridized carbons (Fsp3) is 0.667. The SMILES string of the molecule is CCCNC(CCC)C(CC)Oc1ccccc1OCC. The zero-order valence-corrected chi connectivity index (χ0v) is 14.0. The summed E-state index contributed by atoms with van der Waals surface area (Å²) >= 11 is 0. The number of hydrogen-bond acceptors (Lipinski definition) is 3. The lowest BCUT2D eigenvalue weighted by Gasteiger charge is -2.28. The van der Waals surface area contributed by atoms with Crippen molar-refractivity contribution in [3.05, 3.63) is 24.3 Å². The summed E-state index contributed by atoms with van der Waals surface area (Å²) < 4.78 is 11.9. The molecule has 0 saturated heterocycles. The second-order valence-electron chi connectivity index (χ2n) is 5.29. The van der Waals surface area contributed by atoms with Crippen molar-refractivity contribution in [1.29, 1.82) is 0 Å². The minimum atomic E-state index is 0.179. The van der Waals surface area contributed by atoms with Crippen molar-refractivity contribution in [3.63, 3.8) is 0 Å². The molecule has 0 aliphatic rings. The topological polar surface area (TPSA) is 30.5 Å². The molecule has 3 nitrogen and oxygen atoms in total. The van der Waals surface area contributed by atoms with E-state index in [0.717, 1.165) is 43.7 Å². The van der Waals surface area contributed by atoms with E-state index >= 15 is 0 Å². The highest BCUT2D eigenvalue weighted by molar-refractivity contribution is 5.39. The van der Waals surface area contributed by atoms with Crippen molar-refractivity contribution in [2.24, 2.45) is 0 Å². The molecule has 1 N–H and O–H groups in total. The highest BCUT2D eigenvalue weighted by Gasteiger charge is 2.21. The molecule has 0 saturated carbocycles. The molecule has 0 fully saturated rings. The normalized spacial score (nSPS) is 13.7. The van der Waals surface area contributed by atoms with Crippen molar-refractivity contribution in [1.82, 2.24) is 5.32 Å². The van der Waals surface area contributed by atoms with Gasteiger partial charge in [-0.15, -0.1) is 0 Å². The molecule has 1 rings (SSSR count). The molecule has 0 heterocycles. The van der Waals surface area contributed by atoms with Crippen molar-refractivity contribution in [3.8, 4) is 11.5 Å². The fourth-order valence-electron chi connectivity index (χ4n) is 2.50. The summed E-state index contributed by atoms with van der Waals surface area (Å²) in [6.45, 7) is 10.3. The van der Waals surface area contributed by atoms with Crippen LogP contribution < -0.4 is 14.8 Å². The number of benzene rings is 1. The van der Waals surface area contributed by atoms with Gasteiger partial charge in [0.05, 0.1) is 6.61 Å². The highest BCUT2D eigenvalue weighted by atomic mass is 16.5. The van der Waals surface area contributed by atoms with Crippen LogP contribution in [0.5, 0.6) is 11.5 Å². The summed E-state index contributed by atoms with van der Waals surface area (Å²) in [5, 5.41) is 3.63. The quantitative estimate of drug-likeness (QED) is 0.655. The van der Waals surface area contributed by atoms with Gasteiger partial charge in [-0.3, -0.25) is 0 Å². The van der Waals surface area contributed by atoms with Gasteiger partial charge in [-0.25, -0.2) is 0 Å². The van der Waals surface area contributed by atoms with Gasteiger partial charge in [0.25, 0.3) is 0 Å². The van der Waals surface area contributed by atoms with Crippen LogP contribution in [0, 0.1) is 0 Å². The Morgan fingerprint density at radius 3 is 2.29 bits per heavy atom. The Bertz CT molecular complexity index is 381. The second-order valence-corrected chi connectivity index (χ2v) is 5.29. The molecule has 2 unspecified atom stereocenters. The van der Waals surface area contributed by atoms with Crippen LogP contribution in [0.4, 0.5) is 0 Å². The smallest absolute Gasteiger partial charge is 0.161 e. The Morgan fingerprint density at radius 2 is 1.71 bits per heavy atom. The Hall–Kier alpha value is -1.22. The number of nitrogens with one attached hydrogen (secondary N) is 1. The average Bonchev–Trinajstić information content (AvgIpc) is 2.51. The molecule has 120 valence electrons. The van der Waals surface area contributed by atoms with Crippen LogP contribution in [-0.4, -0.2) is 25.3 Å². The molecule has 0 spiro atoms. The third kappa shape index (κ3) is 5.96. The van der Waals surface area contributed by atoms with Crippen LogP contribution in [0.2, 0.25) is 0 Å². The van der Waals surface area contributed by atoms with Gasteiger partial charge in [-0.2, -0.15) is 0 Å². The molecular formula is C18H31NO2. The molecule has 0 aromatic heterocycles. The third-order valence-electron chi connectivity index (χ3n) is 3.53. The average molecular weight is 293 g/mol. The summed E-state index contributed by atoms with van der Waals surface area (Å²) in [6.07, 6.45) is 4.61. The Kier molecular flexibility index (Phi) is 8.91. The second kappa shape index (κ2) is 10.5. The summed E-state index contributed by atoms with van der Waals surface area (Å²) in [6, 6.07) is 8.35. The summed E-state index contributed by atoms with van der Waals surface area (Å²) in [5.74, 6) is 1.69. The van der Waals surface area contributed by atoms with E-state index in [1.54, 1.807) is 0 Å². The third-order valence-corrected chi connectivity index (χ3v) is 3.53. The lowest BCUT2D eigenvalue weighted by Crippen LogP contribution is -2.43. The molecule has 0 aliphatic carbocycles. The Labute approximate surface area is 130 Å². The van der Waals surface area contributed by atoms with E-state index in [4.69, 9.17) is 9.47 Å². The van der Waals surface area contributed by atoms with Crippen molar-refractivity contribution < 1.29 is 9.47 Å². The van der Waals surface area contributed by atoms with Gasteiger partial charge in [0.2, 0.25) is 0 Å². The standard InChI is InChI=1S/C18H31NO2/c1-5-11-15(19-14-6-2)16(7-3)21-18-13-10-9-12-17(18)20-8-4/h9-10,12-13,15-16,19H,5-8,11,14H2,1-4H3. The first kappa shape index (κ1) is 17.8. The zero-order chi connectivity index (χ0) is 15.5.